The van der Waals surface area contributed by atoms with Crippen molar-refractivity contribution in [1.82, 2.24) is 38.9 Å². The Bertz CT molecular complexity index is 2500. The van der Waals surface area contributed by atoms with Crippen LogP contribution in [0.1, 0.15) is 40.4 Å². The minimum atomic E-state index is -3.84. The van der Waals surface area contributed by atoms with Crippen LogP contribution in [0.2, 0.25) is 0 Å². The average molecular weight is 694 g/mol. The number of alkyl halides is 3. The van der Waals surface area contributed by atoms with E-state index in [1.807, 2.05) is 42.3 Å². The molecule has 1 aliphatic heterocycles. The fourth-order valence-corrected chi connectivity index (χ4v) is 6.82. The summed E-state index contributed by atoms with van der Waals surface area (Å²) in [6, 6.07) is 13.1. The van der Waals surface area contributed by atoms with Crippen LogP contribution in [0.3, 0.4) is 0 Å². The molecule has 1 atom stereocenters. The highest BCUT2D eigenvalue weighted by molar-refractivity contribution is 6.20. The van der Waals surface area contributed by atoms with Crippen LogP contribution in [0.15, 0.2) is 73.3 Å². The lowest BCUT2D eigenvalue weighted by atomic mass is 9.99. The number of halogens is 3. The van der Waals surface area contributed by atoms with Gasteiger partial charge in [0.15, 0.2) is 0 Å². The van der Waals surface area contributed by atoms with E-state index in [1.54, 1.807) is 16.9 Å². The molecular weight excluding hydrogens is 668 g/mol. The van der Waals surface area contributed by atoms with Crippen LogP contribution in [-0.4, -0.2) is 56.9 Å². The monoisotopic (exact) mass is 693 g/mol. The number of nitrogens with one attached hydrogen (secondary N) is 1. The molecule has 2 aromatic carbocycles. The van der Waals surface area contributed by atoms with Crippen LogP contribution in [0.25, 0.3) is 50.4 Å². The van der Waals surface area contributed by atoms with Gasteiger partial charge in [-0.1, -0.05) is 0 Å². The molecule has 0 fully saturated rings. The Balaban J connectivity index is 1.10. The zero-order chi connectivity index (χ0) is 34.3. The first kappa shape index (κ1) is 30.3. The number of benzene rings is 2. The van der Waals surface area contributed by atoms with E-state index in [4.69, 9.17) is 36.4 Å². The van der Waals surface area contributed by atoms with Gasteiger partial charge in [-0.25, -0.2) is 19.6 Å². The lowest BCUT2D eigenvalue weighted by molar-refractivity contribution is -0.0964. The van der Waals surface area contributed by atoms with Crippen molar-refractivity contribution in [2.75, 3.05) is 11.9 Å². The van der Waals surface area contributed by atoms with Gasteiger partial charge in [-0.3, -0.25) is 9.78 Å². The Morgan fingerprint density at radius 2 is 1.90 bits per heavy atom. The highest BCUT2D eigenvalue weighted by atomic mass is 35.5. The Kier molecular flexibility index (Phi) is 6.77. The maximum absolute atomic E-state index is 13.6. The number of rotatable bonds is 6. The third-order valence-corrected chi connectivity index (χ3v) is 9.08. The number of carbonyl (C=O) groups excluding carboxylic acids is 1. The van der Waals surface area contributed by atoms with E-state index >= 15 is 0 Å². The molecule has 0 unspecified atom stereocenters. The molecule has 0 saturated carbocycles. The molecule has 1 aliphatic carbocycles. The lowest BCUT2D eigenvalue weighted by Gasteiger charge is -2.23. The summed E-state index contributed by atoms with van der Waals surface area (Å²) in [6.07, 6.45) is 8.10. The Hall–Kier alpha value is -5.73. The normalized spacial score (nSPS) is 15.3. The van der Waals surface area contributed by atoms with E-state index in [0.717, 1.165) is 56.0 Å². The first-order valence-electron chi connectivity index (χ1n) is 15.7. The molecule has 5 aromatic heterocycles. The summed E-state index contributed by atoms with van der Waals surface area (Å²) in [5, 5.41) is 7.72. The topological polar surface area (TPSA) is 127 Å². The highest BCUT2D eigenvalue weighted by Crippen LogP contribution is 2.40. The zero-order valence-corrected chi connectivity index (χ0v) is 27.3. The van der Waals surface area contributed by atoms with Crippen molar-refractivity contribution in [3.63, 3.8) is 0 Å². The molecule has 12 nitrogen and oxygen atoms in total. The number of amides is 1. The van der Waals surface area contributed by atoms with E-state index < -0.39 is 11.5 Å². The summed E-state index contributed by atoms with van der Waals surface area (Å²) in [5.41, 5.74) is 5.31. The Morgan fingerprint density at radius 3 is 2.72 bits per heavy atom. The zero-order valence-electron chi connectivity index (χ0n) is 26.6. The highest BCUT2D eigenvalue weighted by Gasteiger charge is 2.29. The molecule has 0 radical (unpaired) electrons. The van der Waals surface area contributed by atoms with Crippen LogP contribution < -0.4 is 10.1 Å². The number of carbonyl (C=O) groups is 1. The summed E-state index contributed by atoms with van der Waals surface area (Å²) < 4.78 is 42.1. The molecule has 2 aliphatic rings. The number of hydrogen-bond acceptors (Lipinski definition) is 8. The first-order chi connectivity index (χ1) is 24.1. The first-order valence-corrected chi connectivity index (χ1v) is 16.1. The SMILES string of the molecule is C[C@@H]1COCc2nc3cc(C(=O)Nc4ccc(OC(F)(F)Cl)cc4)cc(-c4cnc5c(c4)-c4nn(-c6ncc7c(ccn7C)n6)cc4C5)c3n21. The van der Waals surface area contributed by atoms with Crippen molar-refractivity contribution in [3.8, 4) is 34.1 Å². The maximum atomic E-state index is 13.6. The number of anilines is 1. The lowest BCUT2D eigenvalue weighted by Crippen LogP contribution is -2.21. The van der Waals surface area contributed by atoms with Crippen molar-refractivity contribution in [3.05, 3.63) is 96.0 Å². The molecule has 0 saturated heterocycles. The van der Waals surface area contributed by atoms with Gasteiger partial charge in [0.05, 0.1) is 52.3 Å². The molecule has 1 N–H and O–H groups in total. The number of hydrogen-bond donors (Lipinski definition) is 1. The van der Waals surface area contributed by atoms with Gasteiger partial charge in [0, 0.05) is 77.2 Å². The predicted molar refractivity (Wildman–Crippen MR) is 181 cm³/mol. The largest absolute Gasteiger partial charge is 0.487 e. The van der Waals surface area contributed by atoms with Crippen molar-refractivity contribution in [2.24, 2.45) is 7.05 Å². The van der Waals surface area contributed by atoms with Crippen LogP contribution in [0, 0.1) is 0 Å². The van der Waals surface area contributed by atoms with Crippen molar-refractivity contribution in [1.29, 1.82) is 0 Å². The molecule has 250 valence electrons. The molecule has 9 rings (SSSR count). The van der Waals surface area contributed by atoms with Gasteiger partial charge < -0.3 is 23.9 Å². The summed E-state index contributed by atoms with van der Waals surface area (Å²) in [5.74, 6) is 0.680. The summed E-state index contributed by atoms with van der Waals surface area (Å²) in [7, 11) is 1.95. The van der Waals surface area contributed by atoms with E-state index in [1.165, 1.54) is 24.3 Å². The van der Waals surface area contributed by atoms with Crippen molar-refractivity contribution < 1.29 is 23.0 Å². The van der Waals surface area contributed by atoms with Crippen LogP contribution in [0.4, 0.5) is 14.5 Å². The average Bonchev–Trinajstić information content (AvgIpc) is 3.85. The standard InChI is InChI=1S/C35H26ClF2N9O3/c1-18-16-49-17-30-42-28-11-19(33(48)41-22-3-5-23(6-4-22)50-35(36,37)38)9-24(32(28)47(18)30)20-10-25-27(39-13-20)12-21-15-46(44-31(21)25)34-40-14-29-26(43-34)7-8-45(29)2/h3-11,13-15,18H,12,16-17H2,1-2H3,(H,41,48)/t18-/m1/s1. The number of pyridine rings is 1. The van der Waals surface area contributed by atoms with Gasteiger partial charge in [0.1, 0.15) is 18.2 Å². The minimum absolute atomic E-state index is 0.00918. The molecule has 1 amide bonds. The summed E-state index contributed by atoms with van der Waals surface area (Å²) in [6.45, 7) is 2.93. The Morgan fingerprint density at radius 1 is 1.06 bits per heavy atom. The van der Waals surface area contributed by atoms with E-state index in [-0.39, 0.29) is 11.8 Å². The molecule has 50 heavy (non-hydrogen) atoms. The van der Waals surface area contributed by atoms with Crippen LogP contribution >= 0.6 is 11.6 Å². The van der Waals surface area contributed by atoms with Gasteiger partial charge >= 0.3 is 5.57 Å². The fraction of sp³-hybridized carbons (Fsp3) is 0.200. The van der Waals surface area contributed by atoms with Gasteiger partial charge in [-0.2, -0.15) is 5.10 Å². The molecule has 0 bridgehead atoms. The van der Waals surface area contributed by atoms with Gasteiger partial charge in [-0.05, 0) is 55.5 Å². The second-order valence-corrected chi connectivity index (χ2v) is 12.8. The molecular formula is C35H26ClF2N9O3. The van der Waals surface area contributed by atoms with Crippen LogP contribution in [-0.2, 0) is 24.8 Å². The number of aromatic nitrogens is 8. The summed E-state index contributed by atoms with van der Waals surface area (Å²) in [4.78, 5) is 32.6. The van der Waals surface area contributed by atoms with E-state index in [9.17, 15) is 13.6 Å². The number of aryl methyl sites for hydroxylation is 1. The van der Waals surface area contributed by atoms with E-state index in [0.29, 0.717) is 42.4 Å². The summed E-state index contributed by atoms with van der Waals surface area (Å²) >= 11 is 4.88. The molecule has 0 spiro atoms. The third kappa shape index (κ3) is 5.15. The van der Waals surface area contributed by atoms with Gasteiger partial charge in [0.25, 0.3) is 11.9 Å². The third-order valence-electron chi connectivity index (χ3n) is 9.01. The van der Waals surface area contributed by atoms with Gasteiger partial charge in [-0.15, -0.1) is 8.78 Å². The van der Waals surface area contributed by atoms with E-state index in [2.05, 4.69) is 32.6 Å². The quantitative estimate of drug-likeness (QED) is 0.192. The maximum Gasteiger partial charge on any atom is 0.487 e. The van der Waals surface area contributed by atoms with Gasteiger partial charge in [0.2, 0.25) is 0 Å². The number of imidazole rings is 1. The van der Waals surface area contributed by atoms with Crippen molar-refractivity contribution in [2.45, 2.75) is 31.6 Å². The fourth-order valence-electron chi connectivity index (χ4n) is 6.73. The number of ether oxygens (including phenoxy) is 2. The van der Waals surface area contributed by atoms with Crippen LogP contribution in [0.5, 0.6) is 5.75 Å². The smallest absolute Gasteiger partial charge is 0.420 e. The minimum Gasteiger partial charge on any atom is -0.420 e. The molecule has 6 heterocycles. The molecule has 15 heteroatoms. The number of fused-ring (bicyclic) bond motifs is 7. The number of nitrogens with zero attached hydrogens (tertiary/aromatic N) is 8. The Labute approximate surface area is 287 Å². The molecule has 7 aromatic rings. The second-order valence-electron chi connectivity index (χ2n) is 12.4. The second kappa shape index (κ2) is 11.1. The van der Waals surface area contributed by atoms with Crippen molar-refractivity contribution >= 4 is 45.3 Å². The predicted octanol–water partition coefficient (Wildman–Crippen LogP) is 6.65.